The quantitative estimate of drug-likeness (QED) is 0.391. The van der Waals surface area contributed by atoms with E-state index in [4.69, 9.17) is 5.84 Å². The van der Waals surface area contributed by atoms with E-state index >= 15 is 0 Å². The van der Waals surface area contributed by atoms with E-state index in [-0.39, 0.29) is 0 Å². The molecule has 0 spiro atoms. The van der Waals surface area contributed by atoms with E-state index < -0.39 is 0 Å². The molecule has 0 amide bonds. The summed E-state index contributed by atoms with van der Waals surface area (Å²) >= 11 is 0. The maximum Gasteiger partial charge on any atom is 0.235 e. The summed E-state index contributed by atoms with van der Waals surface area (Å²) in [5.41, 5.74) is 2.41. The highest BCUT2D eigenvalue weighted by Crippen LogP contribution is 1.97. The molecule has 1 rings (SSSR count). The molecular weight excluding hydrogens is 118 g/mol. The summed E-state index contributed by atoms with van der Waals surface area (Å²) in [4.78, 5) is 3.94. The molecule has 0 aliphatic carbocycles. The Bertz CT molecular complexity index is 203. The summed E-state index contributed by atoms with van der Waals surface area (Å²) < 4.78 is 1.58. The maximum atomic E-state index is 5.09. The predicted molar refractivity (Wildman–Crippen MR) is 33.6 cm³/mol. The molecule has 0 bridgehead atoms. The number of nitrogens with zero attached hydrogens (tertiary/aromatic N) is 3. The Morgan fingerprint density at radius 2 is 2.33 bits per heavy atom. The lowest BCUT2D eigenvalue weighted by molar-refractivity contribution is 0.760. The smallest absolute Gasteiger partial charge is 0.235 e. The molecule has 0 unspecified atom stereocenters. The minimum atomic E-state index is 0.576. The predicted octanol–water partition coefficient (Wildman–Crippen LogP) is -0.591. The van der Waals surface area contributed by atoms with E-state index in [0.717, 1.165) is 0 Å². The van der Waals surface area contributed by atoms with Gasteiger partial charge in [-0.2, -0.15) is 10.1 Å². The molecule has 0 atom stereocenters. The van der Waals surface area contributed by atoms with Gasteiger partial charge in [0.05, 0.1) is 0 Å². The van der Waals surface area contributed by atoms with E-state index in [1.165, 1.54) is 0 Å². The number of hydrogen-bond donors (Lipinski definition) is 2. The second kappa shape index (κ2) is 2.02. The first-order valence-corrected chi connectivity index (χ1v) is 2.58. The third kappa shape index (κ3) is 0.996. The summed E-state index contributed by atoms with van der Waals surface area (Å²) in [6, 6.07) is 0. The van der Waals surface area contributed by atoms with Crippen LogP contribution in [-0.4, -0.2) is 14.8 Å². The van der Waals surface area contributed by atoms with E-state index in [9.17, 15) is 0 Å². The second-order valence-electron chi connectivity index (χ2n) is 1.75. The monoisotopic (exact) mass is 127 g/mol. The van der Waals surface area contributed by atoms with Crippen molar-refractivity contribution in [3.05, 3.63) is 5.82 Å². The Kier molecular flexibility index (Phi) is 1.35. The number of hydrazine groups is 1. The van der Waals surface area contributed by atoms with Gasteiger partial charge in [0, 0.05) is 7.05 Å². The molecule has 3 N–H and O–H groups in total. The average molecular weight is 127 g/mol. The van der Waals surface area contributed by atoms with Gasteiger partial charge in [0.1, 0.15) is 5.82 Å². The van der Waals surface area contributed by atoms with Crippen molar-refractivity contribution in [2.24, 2.45) is 12.9 Å². The zero-order chi connectivity index (χ0) is 6.85. The standard InChI is InChI=1S/C4H9N5/c1-3-6-4(7-5)9(2)8-3/h5H2,1-2H3,(H,6,7,8). The van der Waals surface area contributed by atoms with Crippen LogP contribution in [0.25, 0.3) is 0 Å². The Labute approximate surface area is 52.8 Å². The van der Waals surface area contributed by atoms with Crippen LogP contribution in [-0.2, 0) is 7.05 Å². The van der Waals surface area contributed by atoms with Gasteiger partial charge >= 0.3 is 0 Å². The first-order chi connectivity index (χ1) is 4.24. The van der Waals surface area contributed by atoms with Crippen LogP contribution in [0.15, 0.2) is 0 Å². The van der Waals surface area contributed by atoms with Crippen LogP contribution in [0, 0.1) is 6.92 Å². The van der Waals surface area contributed by atoms with Gasteiger partial charge < -0.3 is 0 Å². The van der Waals surface area contributed by atoms with Crippen LogP contribution in [0.1, 0.15) is 5.82 Å². The number of hydrogen-bond acceptors (Lipinski definition) is 4. The molecular formula is C4H9N5. The third-order valence-corrected chi connectivity index (χ3v) is 0.998. The van der Waals surface area contributed by atoms with Crippen molar-refractivity contribution in [2.75, 3.05) is 5.43 Å². The second-order valence-corrected chi connectivity index (χ2v) is 1.75. The van der Waals surface area contributed by atoms with Gasteiger partial charge in [0.2, 0.25) is 5.95 Å². The fourth-order valence-electron chi connectivity index (χ4n) is 0.638. The molecule has 0 radical (unpaired) electrons. The van der Waals surface area contributed by atoms with Gasteiger partial charge in [0.15, 0.2) is 0 Å². The van der Waals surface area contributed by atoms with Gasteiger partial charge in [-0.25, -0.2) is 10.5 Å². The summed E-state index contributed by atoms with van der Waals surface area (Å²) in [7, 11) is 1.77. The molecule has 5 nitrogen and oxygen atoms in total. The van der Waals surface area contributed by atoms with Crippen LogP contribution >= 0.6 is 0 Å². The van der Waals surface area contributed by atoms with Gasteiger partial charge in [0.25, 0.3) is 0 Å². The lowest BCUT2D eigenvalue weighted by Gasteiger charge is -1.93. The number of aryl methyl sites for hydroxylation is 2. The van der Waals surface area contributed by atoms with Crippen molar-refractivity contribution in [3.63, 3.8) is 0 Å². The Morgan fingerprint density at radius 1 is 1.67 bits per heavy atom. The van der Waals surface area contributed by atoms with E-state index in [1.54, 1.807) is 18.7 Å². The summed E-state index contributed by atoms with van der Waals surface area (Å²) in [6.07, 6.45) is 0. The van der Waals surface area contributed by atoms with Crippen molar-refractivity contribution >= 4 is 5.95 Å². The minimum Gasteiger partial charge on any atom is -0.293 e. The third-order valence-electron chi connectivity index (χ3n) is 0.998. The molecule has 0 aromatic carbocycles. The highest BCUT2D eigenvalue weighted by molar-refractivity contribution is 5.21. The fourth-order valence-corrected chi connectivity index (χ4v) is 0.638. The summed E-state index contributed by atoms with van der Waals surface area (Å²) in [5.74, 6) is 6.38. The van der Waals surface area contributed by atoms with Crippen LogP contribution < -0.4 is 11.3 Å². The van der Waals surface area contributed by atoms with Crippen LogP contribution in [0.5, 0.6) is 0 Å². The van der Waals surface area contributed by atoms with E-state index in [1.807, 2.05) is 0 Å². The van der Waals surface area contributed by atoms with Gasteiger partial charge in [-0.1, -0.05) is 0 Å². The zero-order valence-corrected chi connectivity index (χ0v) is 5.42. The largest absolute Gasteiger partial charge is 0.293 e. The normalized spacial score (nSPS) is 9.67. The number of nitrogen functional groups attached to an aromatic ring is 1. The van der Waals surface area contributed by atoms with Crippen molar-refractivity contribution in [1.82, 2.24) is 14.8 Å². The number of nitrogens with one attached hydrogen (secondary N) is 1. The van der Waals surface area contributed by atoms with Crippen LogP contribution in [0.4, 0.5) is 5.95 Å². The Hall–Kier alpha value is -1.10. The van der Waals surface area contributed by atoms with Gasteiger partial charge in [-0.15, -0.1) is 0 Å². The number of aromatic nitrogens is 3. The fraction of sp³-hybridized carbons (Fsp3) is 0.500. The molecule has 9 heavy (non-hydrogen) atoms. The summed E-state index contributed by atoms with van der Waals surface area (Å²) in [5, 5.41) is 3.94. The van der Waals surface area contributed by atoms with Gasteiger partial charge in [-0.05, 0) is 6.92 Å². The van der Waals surface area contributed by atoms with Crippen molar-refractivity contribution in [1.29, 1.82) is 0 Å². The molecule has 1 heterocycles. The van der Waals surface area contributed by atoms with Gasteiger partial charge in [-0.3, -0.25) is 5.43 Å². The van der Waals surface area contributed by atoms with Crippen LogP contribution in [0.3, 0.4) is 0 Å². The average Bonchev–Trinajstić information content (AvgIpc) is 2.10. The Morgan fingerprint density at radius 3 is 2.56 bits per heavy atom. The lowest BCUT2D eigenvalue weighted by Crippen LogP contribution is -2.11. The highest BCUT2D eigenvalue weighted by Gasteiger charge is 1.98. The van der Waals surface area contributed by atoms with Crippen molar-refractivity contribution in [3.8, 4) is 0 Å². The molecule has 0 saturated heterocycles. The molecule has 1 aromatic rings. The molecule has 5 heteroatoms. The SMILES string of the molecule is Cc1nc(NN)n(C)n1. The van der Waals surface area contributed by atoms with Crippen molar-refractivity contribution < 1.29 is 0 Å². The highest BCUT2D eigenvalue weighted by atomic mass is 15.4. The van der Waals surface area contributed by atoms with Crippen LogP contribution in [0.2, 0.25) is 0 Å². The first kappa shape index (κ1) is 6.03. The zero-order valence-electron chi connectivity index (χ0n) is 5.42. The Balaban J connectivity index is 3.01. The minimum absolute atomic E-state index is 0.576. The van der Waals surface area contributed by atoms with E-state index in [2.05, 4.69) is 15.5 Å². The molecule has 0 aliphatic rings. The lowest BCUT2D eigenvalue weighted by atomic mass is 10.8. The first-order valence-electron chi connectivity index (χ1n) is 2.58. The molecule has 0 aliphatic heterocycles. The molecule has 50 valence electrons. The number of rotatable bonds is 1. The van der Waals surface area contributed by atoms with Crippen molar-refractivity contribution in [2.45, 2.75) is 6.92 Å². The number of anilines is 1. The molecule has 0 fully saturated rings. The maximum absolute atomic E-state index is 5.09. The topological polar surface area (TPSA) is 68.8 Å². The molecule has 1 aromatic heterocycles. The molecule has 0 saturated carbocycles. The van der Waals surface area contributed by atoms with E-state index in [0.29, 0.717) is 11.8 Å². The number of nitrogens with two attached hydrogens (primary N) is 1. The summed E-state index contributed by atoms with van der Waals surface area (Å²) in [6.45, 7) is 1.81.